The summed E-state index contributed by atoms with van der Waals surface area (Å²) in [5.74, 6) is 0.815. The highest BCUT2D eigenvalue weighted by Gasteiger charge is 2.49. The molecule has 0 amide bonds. The van der Waals surface area contributed by atoms with Gasteiger partial charge < -0.3 is 4.74 Å². The summed E-state index contributed by atoms with van der Waals surface area (Å²) in [5.41, 5.74) is 1.40. The predicted octanol–water partition coefficient (Wildman–Crippen LogP) is 2.81. The van der Waals surface area contributed by atoms with Gasteiger partial charge in [0, 0.05) is 11.8 Å². The molecule has 2 radical (unpaired) electrons. The molecule has 82 valence electrons. The number of rotatable bonds is 0. The van der Waals surface area contributed by atoms with Crippen LogP contribution in [0.2, 0.25) is 5.31 Å². The fraction of sp³-hybridized carbons (Fsp3) is 0.571. The minimum absolute atomic E-state index is 0.260. The van der Waals surface area contributed by atoms with E-state index in [0.29, 0.717) is 11.8 Å². The van der Waals surface area contributed by atoms with E-state index in [1.807, 2.05) is 0 Å². The lowest BCUT2D eigenvalue weighted by Gasteiger charge is -2.39. The lowest BCUT2D eigenvalue weighted by atomic mass is 9.54. The molecule has 2 aliphatic carbocycles. The summed E-state index contributed by atoms with van der Waals surface area (Å²) in [4.78, 5) is 0. The quantitative estimate of drug-likeness (QED) is 0.443. The Morgan fingerprint density at radius 2 is 2.31 bits per heavy atom. The summed E-state index contributed by atoms with van der Waals surface area (Å²) in [6, 6.07) is 0. The van der Waals surface area contributed by atoms with Gasteiger partial charge in [-0.1, -0.05) is 44.2 Å². The highest BCUT2D eigenvalue weighted by atomic mass is 16.5. The van der Waals surface area contributed by atoms with Gasteiger partial charge in [-0.3, -0.25) is 0 Å². The monoisotopic (exact) mass is 212 g/mol. The molecule has 1 fully saturated rings. The second-order valence-corrected chi connectivity index (χ2v) is 5.48. The van der Waals surface area contributed by atoms with Gasteiger partial charge in [0.2, 0.25) is 0 Å². The van der Waals surface area contributed by atoms with Crippen LogP contribution in [0.15, 0.2) is 36.0 Å². The highest BCUT2D eigenvalue weighted by molar-refractivity contribution is 6.17. The molecule has 1 aliphatic heterocycles. The van der Waals surface area contributed by atoms with E-state index in [9.17, 15) is 0 Å². The third kappa shape index (κ3) is 1.36. The maximum Gasteiger partial charge on any atom is 0.0830 e. The van der Waals surface area contributed by atoms with E-state index in [1.165, 1.54) is 5.57 Å². The highest BCUT2D eigenvalue weighted by Crippen LogP contribution is 2.53. The SMILES string of the molecule is [B]C1(C)C=CC(C)C2OC3CC=CC=C3C21. The van der Waals surface area contributed by atoms with Crippen LogP contribution in [-0.4, -0.2) is 20.1 Å². The van der Waals surface area contributed by atoms with Crippen molar-refractivity contribution in [1.82, 2.24) is 0 Å². The number of hydrogen-bond acceptors (Lipinski definition) is 1. The van der Waals surface area contributed by atoms with Crippen molar-refractivity contribution in [2.24, 2.45) is 11.8 Å². The molecule has 3 rings (SSSR count). The Bertz CT molecular complexity index is 392. The second-order valence-electron chi connectivity index (χ2n) is 5.48. The normalized spacial score (nSPS) is 49.8. The summed E-state index contributed by atoms with van der Waals surface area (Å²) in [7, 11) is 6.40. The average molecular weight is 212 g/mol. The van der Waals surface area contributed by atoms with Gasteiger partial charge in [-0.2, -0.15) is 0 Å². The zero-order valence-electron chi connectivity index (χ0n) is 9.89. The number of hydrogen-bond donors (Lipinski definition) is 0. The number of fused-ring (bicyclic) bond motifs is 3. The van der Waals surface area contributed by atoms with Crippen molar-refractivity contribution in [3.63, 3.8) is 0 Å². The summed E-state index contributed by atoms with van der Waals surface area (Å²) >= 11 is 0. The van der Waals surface area contributed by atoms with Crippen molar-refractivity contribution in [3.05, 3.63) is 36.0 Å². The maximum absolute atomic E-state index is 6.40. The lowest BCUT2D eigenvalue weighted by Crippen LogP contribution is -2.35. The molecule has 0 N–H and O–H groups in total. The molecule has 1 nitrogen and oxygen atoms in total. The largest absolute Gasteiger partial charge is 0.369 e. The first-order valence-electron chi connectivity index (χ1n) is 6.10. The maximum atomic E-state index is 6.40. The van der Waals surface area contributed by atoms with Crippen molar-refractivity contribution >= 4 is 7.85 Å². The van der Waals surface area contributed by atoms with E-state index in [1.54, 1.807) is 0 Å². The van der Waals surface area contributed by atoms with Crippen LogP contribution in [0.1, 0.15) is 20.3 Å². The van der Waals surface area contributed by atoms with Crippen molar-refractivity contribution < 1.29 is 4.74 Å². The van der Waals surface area contributed by atoms with Crippen molar-refractivity contribution in [2.75, 3.05) is 0 Å². The Hall–Kier alpha value is -0.755. The fourth-order valence-corrected chi connectivity index (χ4v) is 3.23. The van der Waals surface area contributed by atoms with Crippen molar-refractivity contribution in [2.45, 2.75) is 37.8 Å². The first kappa shape index (κ1) is 10.4. The molecular weight excluding hydrogens is 195 g/mol. The van der Waals surface area contributed by atoms with E-state index in [-0.39, 0.29) is 17.5 Å². The molecule has 3 aliphatic rings. The molecule has 5 unspecified atom stereocenters. The lowest BCUT2D eigenvalue weighted by molar-refractivity contribution is 0.00994. The standard InChI is InChI=1S/C14H17BO/c1-9-7-8-14(2,15)12-10-5-3-4-6-11(10)16-13(9)12/h3-5,7-9,11-13H,6H2,1-2H3. The average Bonchev–Trinajstić information content (AvgIpc) is 2.65. The van der Waals surface area contributed by atoms with Crippen LogP contribution in [0, 0.1) is 11.8 Å². The van der Waals surface area contributed by atoms with Crippen molar-refractivity contribution in [1.29, 1.82) is 0 Å². The third-order valence-electron chi connectivity index (χ3n) is 4.10. The summed E-state index contributed by atoms with van der Waals surface area (Å²) in [5, 5.41) is -0.261. The Kier molecular flexibility index (Phi) is 2.19. The number of allylic oxidation sites excluding steroid dienone is 3. The number of ether oxygens (including phenoxy) is 1. The van der Waals surface area contributed by atoms with Crippen LogP contribution in [0.3, 0.4) is 0 Å². The molecule has 1 saturated heterocycles. The molecule has 1 heterocycles. The van der Waals surface area contributed by atoms with Gasteiger partial charge >= 0.3 is 0 Å². The van der Waals surface area contributed by atoms with Gasteiger partial charge in [0.15, 0.2) is 0 Å². The van der Waals surface area contributed by atoms with Crippen LogP contribution in [0.5, 0.6) is 0 Å². The van der Waals surface area contributed by atoms with Crippen molar-refractivity contribution in [3.8, 4) is 0 Å². The van der Waals surface area contributed by atoms with Crippen LogP contribution >= 0.6 is 0 Å². The van der Waals surface area contributed by atoms with E-state index >= 15 is 0 Å². The van der Waals surface area contributed by atoms with Gasteiger partial charge in [0.25, 0.3) is 0 Å². The smallest absolute Gasteiger partial charge is 0.0830 e. The van der Waals surface area contributed by atoms with Gasteiger partial charge in [-0.15, -0.1) is 0 Å². The molecule has 0 saturated carbocycles. The molecule has 2 heteroatoms. The second kappa shape index (κ2) is 3.37. The van der Waals surface area contributed by atoms with Crippen LogP contribution in [-0.2, 0) is 4.74 Å². The predicted molar refractivity (Wildman–Crippen MR) is 66.4 cm³/mol. The third-order valence-corrected chi connectivity index (χ3v) is 4.10. The molecule has 0 spiro atoms. The summed E-state index contributed by atoms with van der Waals surface area (Å²) in [6.07, 6.45) is 12.4. The van der Waals surface area contributed by atoms with Gasteiger partial charge in [-0.05, 0) is 17.3 Å². The van der Waals surface area contributed by atoms with Crippen LogP contribution < -0.4 is 0 Å². The first-order valence-corrected chi connectivity index (χ1v) is 6.10. The Labute approximate surface area is 98.7 Å². The van der Waals surface area contributed by atoms with E-state index in [0.717, 1.165) is 6.42 Å². The molecule has 16 heavy (non-hydrogen) atoms. The van der Waals surface area contributed by atoms with E-state index in [4.69, 9.17) is 12.6 Å². The molecule has 0 bridgehead atoms. The zero-order valence-corrected chi connectivity index (χ0v) is 9.89. The minimum atomic E-state index is -0.261. The molecular formula is C14H17BO. The molecule has 0 aromatic carbocycles. The minimum Gasteiger partial charge on any atom is -0.369 e. The Balaban J connectivity index is 2.04. The molecule has 0 aromatic rings. The first-order chi connectivity index (χ1) is 7.59. The Morgan fingerprint density at radius 3 is 3.12 bits per heavy atom. The zero-order chi connectivity index (χ0) is 11.3. The van der Waals surface area contributed by atoms with E-state index in [2.05, 4.69) is 44.2 Å². The summed E-state index contributed by atoms with van der Waals surface area (Å²) < 4.78 is 6.17. The van der Waals surface area contributed by atoms with Crippen LogP contribution in [0.4, 0.5) is 0 Å². The van der Waals surface area contributed by atoms with Gasteiger partial charge in [-0.25, -0.2) is 0 Å². The topological polar surface area (TPSA) is 9.23 Å². The molecule has 0 aromatic heterocycles. The fourth-order valence-electron chi connectivity index (χ4n) is 3.23. The van der Waals surface area contributed by atoms with E-state index < -0.39 is 0 Å². The van der Waals surface area contributed by atoms with Gasteiger partial charge in [0.1, 0.15) is 0 Å². The van der Waals surface area contributed by atoms with Crippen LogP contribution in [0.25, 0.3) is 0 Å². The molecule has 5 atom stereocenters. The Morgan fingerprint density at radius 1 is 1.50 bits per heavy atom. The van der Waals surface area contributed by atoms with Gasteiger partial charge in [0.05, 0.1) is 20.1 Å². The summed E-state index contributed by atoms with van der Waals surface area (Å²) in [6.45, 7) is 4.33.